The van der Waals surface area contributed by atoms with Crippen LogP contribution in [0.15, 0.2) is 42.5 Å². The van der Waals surface area contributed by atoms with Crippen LogP contribution in [0.4, 0.5) is 5.69 Å². The Hall–Kier alpha value is -2.18. The first kappa shape index (κ1) is 20.6. The molecule has 2 atom stereocenters. The third kappa shape index (κ3) is 4.62. The molecule has 0 aliphatic carbocycles. The first-order valence-electron chi connectivity index (χ1n) is 8.97. The van der Waals surface area contributed by atoms with Gasteiger partial charge in [-0.05, 0) is 43.7 Å². The molecular formula is C21H22ClNO4S. The van der Waals surface area contributed by atoms with E-state index in [9.17, 15) is 9.59 Å². The van der Waals surface area contributed by atoms with Crippen LogP contribution in [-0.4, -0.2) is 30.3 Å². The maximum atomic E-state index is 12.8. The molecular weight excluding hydrogens is 398 g/mol. The predicted molar refractivity (Wildman–Crippen MR) is 112 cm³/mol. The van der Waals surface area contributed by atoms with E-state index in [1.807, 2.05) is 30.3 Å². The smallest absolute Gasteiger partial charge is 0.307 e. The zero-order valence-corrected chi connectivity index (χ0v) is 17.5. The summed E-state index contributed by atoms with van der Waals surface area (Å²) in [6, 6.07) is 13.0. The van der Waals surface area contributed by atoms with Gasteiger partial charge in [0.05, 0.1) is 30.1 Å². The number of anilines is 1. The zero-order valence-electron chi connectivity index (χ0n) is 15.9. The van der Waals surface area contributed by atoms with Crippen molar-refractivity contribution in [1.29, 1.82) is 0 Å². The molecule has 0 saturated heterocycles. The van der Waals surface area contributed by atoms with Gasteiger partial charge in [0.15, 0.2) is 0 Å². The van der Waals surface area contributed by atoms with Gasteiger partial charge < -0.3 is 14.8 Å². The van der Waals surface area contributed by atoms with Crippen molar-refractivity contribution in [3.05, 3.63) is 58.6 Å². The van der Waals surface area contributed by atoms with Crippen molar-refractivity contribution in [2.24, 2.45) is 0 Å². The van der Waals surface area contributed by atoms with Gasteiger partial charge in [0.25, 0.3) is 0 Å². The highest BCUT2D eigenvalue weighted by Crippen LogP contribution is 2.48. The Kier molecular flexibility index (Phi) is 6.52. The third-order valence-corrected chi connectivity index (χ3v) is 6.01. The number of esters is 1. The maximum absolute atomic E-state index is 12.8. The van der Waals surface area contributed by atoms with Gasteiger partial charge in [-0.2, -0.15) is 0 Å². The van der Waals surface area contributed by atoms with E-state index < -0.39 is 11.2 Å². The van der Waals surface area contributed by atoms with E-state index in [4.69, 9.17) is 21.1 Å². The minimum Gasteiger partial charge on any atom is -0.496 e. The lowest BCUT2D eigenvalue weighted by atomic mass is 10.0. The number of para-hydroxylation sites is 1. The third-order valence-electron chi connectivity index (χ3n) is 4.29. The van der Waals surface area contributed by atoms with Crippen molar-refractivity contribution in [2.75, 3.05) is 12.4 Å². The fourth-order valence-electron chi connectivity index (χ4n) is 3.10. The molecule has 5 nitrogen and oxygen atoms in total. The topological polar surface area (TPSA) is 64.6 Å². The highest BCUT2D eigenvalue weighted by Gasteiger charge is 2.34. The summed E-state index contributed by atoms with van der Waals surface area (Å²) in [5.41, 5.74) is 2.46. The molecule has 1 heterocycles. The number of hydrogen-bond acceptors (Lipinski definition) is 5. The number of methoxy groups -OCH3 is 1. The molecule has 0 saturated carbocycles. The van der Waals surface area contributed by atoms with Gasteiger partial charge in [-0.3, -0.25) is 9.59 Å². The summed E-state index contributed by atoms with van der Waals surface area (Å²) in [4.78, 5) is 25.0. The molecule has 1 aliphatic rings. The number of carbonyl (C=O) groups excluding carboxylic acids is 2. The molecule has 0 spiro atoms. The van der Waals surface area contributed by atoms with Gasteiger partial charge in [0.1, 0.15) is 5.75 Å². The van der Waals surface area contributed by atoms with E-state index in [2.05, 4.69) is 5.32 Å². The van der Waals surface area contributed by atoms with Crippen LogP contribution in [0.5, 0.6) is 5.75 Å². The van der Waals surface area contributed by atoms with Crippen LogP contribution in [0.3, 0.4) is 0 Å². The fraction of sp³-hybridized carbons (Fsp3) is 0.333. The number of benzene rings is 2. The fourth-order valence-corrected chi connectivity index (χ4v) is 4.71. The van der Waals surface area contributed by atoms with Crippen molar-refractivity contribution in [2.45, 2.75) is 36.9 Å². The van der Waals surface area contributed by atoms with Gasteiger partial charge in [-0.15, -0.1) is 11.8 Å². The summed E-state index contributed by atoms with van der Waals surface area (Å²) in [6.45, 7) is 3.57. The minimum absolute atomic E-state index is 0.0119. The molecule has 0 fully saturated rings. The van der Waals surface area contributed by atoms with Crippen LogP contribution in [0.25, 0.3) is 0 Å². The summed E-state index contributed by atoms with van der Waals surface area (Å²) >= 11 is 7.64. The van der Waals surface area contributed by atoms with Crippen LogP contribution >= 0.6 is 23.4 Å². The quantitative estimate of drug-likeness (QED) is 0.703. The summed E-state index contributed by atoms with van der Waals surface area (Å²) < 4.78 is 10.8. The summed E-state index contributed by atoms with van der Waals surface area (Å²) in [7, 11) is 1.61. The Balaban J connectivity index is 2.02. The molecule has 2 unspecified atom stereocenters. The first-order chi connectivity index (χ1) is 13.4. The lowest BCUT2D eigenvalue weighted by Gasteiger charge is -2.22. The Morgan fingerprint density at radius 3 is 2.68 bits per heavy atom. The van der Waals surface area contributed by atoms with Crippen molar-refractivity contribution >= 4 is 40.9 Å². The summed E-state index contributed by atoms with van der Waals surface area (Å²) in [6.07, 6.45) is -0.241. The molecule has 0 radical (unpaired) electrons. The van der Waals surface area contributed by atoms with Gasteiger partial charge in [0.2, 0.25) is 5.91 Å². The lowest BCUT2D eigenvalue weighted by Crippen LogP contribution is -2.28. The Labute approximate surface area is 173 Å². The summed E-state index contributed by atoms with van der Waals surface area (Å²) in [5.74, 6) is 0.0841. The van der Waals surface area contributed by atoms with Crippen molar-refractivity contribution in [3.8, 4) is 5.75 Å². The molecule has 2 aromatic rings. The van der Waals surface area contributed by atoms with Crippen LogP contribution < -0.4 is 10.1 Å². The average Bonchev–Trinajstić information content (AvgIpc) is 2.78. The van der Waals surface area contributed by atoms with E-state index in [0.717, 1.165) is 11.1 Å². The minimum atomic E-state index is -0.604. The van der Waals surface area contributed by atoms with Gasteiger partial charge in [0, 0.05) is 16.3 Å². The molecule has 1 aliphatic heterocycles. The van der Waals surface area contributed by atoms with Gasteiger partial charge >= 0.3 is 5.97 Å². The standard InChI is InChI=1S/C21H22ClNO4S/c1-12(2)27-19(24)11-18-21(25)23-16-9-8-13(22)10-15(16)20(28-18)14-6-4-5-7-17(14)26-3/h4-10,12,18,20H,11H2,1-3H3,(H,23,25). The number of carbonyl (C=O) groups is 2. The molecule has 1 N–H and O–H groups in total. The molecule has 3 rings (SSSR count). The largest absolute Gasteiger partial charge is 0.496 e. The van der Waals surface area contributed by atoms with Crippen LogP contribution in [0, 0.1) is 0 Å². The van der Waals surface area contributed by atoms with Crippen molar-refractivity contribution in [1.82, 2.24) is 0 Å². The van der Waals surface area contributed by atoms with Gasteiger partial charge in [-0.25, -0.2) is 0 Å². The second-order valence-corrected chi connectivity index (χ2v) is 8.46. The number of hydrogen-bond donors (Lipinski definition) is 1. The molecule has 7 heteroatoms. The van der Waals surface area contributed by atoms with Crippen LogP contribution in [-0.2, 0) is 14.3 Å². The number of ether oxygens (including phenoxy) is 2. The van der Waals surface area contributed by atoms with Gasteiger partial charge in [-0.1, -0.05) is 29.8 Å². The highest BCUT2D eigenvalue weighted by atomic mass is 35.5. The second-order valence-electron chi connectivity index (χ2n) is 6.71. The number of thioether (sulfide) groups is 1. The summed E-state index contributed by atoms with van der Waals surface area (Å²) in [5, 5.41) is 2.66. The molecule has 28 heavy (non-hydrogen) atoms. The average molecular weight is 420 g/mol. The number of rotatable bonds is 5. The number of fused-ring (bicyclic) bond motifs is 1. The Bertz CT molecular complexity index is 886. The molecule has 0 aromatic heterocycles. The molecule has 2 aromatic carbocycles. The monoisotopic (exact) mass is 419 g/mol. The Morgan fingerprint density at radius 1 is 1.21 bits per heavy atom. The molecule has 1 amide bonds. The first-order valence-corrected chi connectivity index (χ1v) is 10.3. The number of nitrogens with one attached hydrogen (secondary N) is 1. The van der Waals surface area contributed by atoms with E-state index >= 15 is 0 Å². The SMILES string of the molecule is COc1ccccc1C1SC(CC(=O)OC(C)C)C(=O)Nc2ccc(Cl)cc21. The molecule has 0 bridgehead atoms. The van der Waals surface area contributed by atoms with E-state index in [0.29, 0.717) is 16.5 Å². The van der Waals surface area contributed by atoms with E-state index in [1.54, 1.807) is 33.1 Å². The Morgan fingerprint density at radius 2 is 1.96 bits per heavy atom. The molecule has 148 valence electrons. The highest BCUT2D eigenvalue weighted by molar-refractivity contribution is 8.01. The zero-order chi connectivity index (χ0) is 20.3. The van der Waals surface area contributed by atoms with Crippen LogP contribution in [0.2, 0.25) is 5.02 Å². The number of amides is 1. The second kappa shape index (κ2) is 8.88. The van der Waals surface area contributed by atoms with Crippen molar-refractivity contribution in [3.63, 3.8) is 0 Å². The van der Waals surface area contributed by atoms with Crippen LogP contribution in [0.1, 0.15) is 36.6 Å². The van der Waals surface area contributed by atoms with E-state index in [1.165, 1.54) is 11.8 Å². The normalized spacial score (nSPS) is 18.8. The van der Waals surface area contributed by atoms with E-state index in [-0.39, 0.29) is 23.7 Å². The maximum Gasteiger partial charge on any atom is 0.307 e. The number of halogens is 1. The van der Waals surface area contributed by atoms with Crippen molar-refractivity contribution < 1.29 is 19.1 Å². The predicted octanol–water partition coefficient (Wildman–Crippen LogP) is 4.83. The lowest BCUT2D eigenvalue weighted by molar-refractivity contribution is -0.148.